The minimum absolute atomic E-state index is 0.217. The average Bonchev–Trinajstić information content (AvgIpc) is 2.91. The average molecular weight is 325 g/mol. The molecule has 2 aromatic rings. The predicted octanol–water partition coefficient (Wildman–Crippen LogP) is 3.75. The molecule has 0 unspecified atom stereocenters. The standard InChI is InChI=1S/C14H16FN3OS2/c1-10(19)3-2-8-20-14-18-17-13(21-14)16-9-11-4-6-12(15)7-5-11/h4-7H,2-3,8-9H2,1H3,(H,16,17). The third-order valence-electron chi connectivity index (χ3n) is 2.66. The van der Waals surface area contributed by atoms with Crippen LogP contribution in [0.1, 0.15) is 25.3 Å². The number of hydrogen-bond donors (Lipinski definition) is 1. The zero-order valence-corrected chi connectivity index (χ0v) is 13.3. The summed E-state index contributed by atoms with van der Waals surface area (Å²) >= 11 is 3.09. The van der Waals surface area contributed by atoms with E-state index in [2.05, 4.69) is 15.5 Å². The fourth-order valence-corrected chi connectivity index (χ4v) is 3.36. The molecule has 1 aromatic carbocycles. The van der Waals surface area contributed by atoms with Crippen molar-refractivity contribution in [3.05, 3.63) is 35.6 Å². The van der Waals surface area contributed by atoms with E-state index in [0.717, 1.165) is 27.2 Å². The predicted molar refractivity (Wildman–Crippen MR) is 84.3 cm³/mol. The minimum Gasteiger partial charge on any atom is -0.356 e. The van der Waals surface area contributed by atoms with Gasteiger partial charge in [-0.1, -0.05) is 35.2 Å². The smallest absolute Gasteiger partial charge is 0.206 e. The van der Waals surface area contributed by atoms with Crippen LogP contribution in [-0.4, -0.2) is 21.7 Å². The molecule has 0 fully saturated rings. The highest BCUT2D eigenvalue weighted by atomic mass is 32.2. The molecule has 4 nitrogen and oxygen atoms in total. The molecular weight excluding hydrogens is 309 g/mol. The van der Waals surface area contributed by atoms with Gasteiger partial charge in [-0.15, -0.1) is 10.2 Å². The molecule has 0 spiro atoms. The van der Waals surface area contributed by atoms with Gasteiger partial charge in [-0.3, -0.25) is 0 Å². The number of anilines is 1. The molecule has 1 N–H and O–H groups in total. The molecule has 0 atom stereocenters. The van der Waals surface area contributed by atoms with E-state index in [1.807, 2.05) is 0 Å². The highest BCUT2D eigenvalue weighted by Crippen LogP contribution is 2.26. The van der Waals surface area contributed by atoms with Crippen molar-refractivity contribution in [3.63, 3.8) is 0 Å². The highest BCUT2D eigenvalue weighted by Gasteiger charge is 2.05. The van der Waals surface area contributed by atoms with Crippen LogP contribution in [0, 0.1) is 5.82 Å². The largest absolute Gasteiger partial charge is 0.356 e. The number of carbonyl (C=O) groups excluding carboxylic acids is 1. The molecule has 0 saturated carbocycles. The first-order chi connectivity index (χ1) is 10.1. The Labute approximate surface area is 131 Å². The quantitative estimate of drug-likeness (QED) is 0.592. The van der Waals surface area contributed by atoms with Crippen molar-refractivity contribution < 1.29 is 9.18 Å². The second kappa shape index (κ2) is 8.09. The van der Waals surface area contributed by atoms with Gasteiger partial charge in [0.05, 0.1) is 0 Å². The third-order valence-corrected chi connectivity index (χ3v) is 4.76. The molecule has 21 heavy (non-hydrogen) atoms. The van der Waals surface area contributed by atoms with Crippen LogP contribution in [0.2, 0.25) is 0 Å². The maximum absolute atomic E-state index is 12.8. The number of carbonyl (C=O) groups is 1. The molecule has 0 radical (unpaired) electrons. The maximum atomic E-state index is 12.8. The van der Waals surface area contributed by atoms with Gasteiger partial charge in [0.1, 0.15) is 11.6 Å². The Morgan fingerprint density at radius 2 is 2.10 bits per heavy atom. The first kappa shape index (κ1) is 15.9. The number of nitrogens with one attached hydrogen (secondary N) is 1. The fraction of sp³-hybridized carbons (Fsp3) is 0.357. The molecule has 0 aliphatic carbocycles. The number of benzene rings is 1. The molecule has 0 aliphatic rings. The second-order valence-electron chi connectivity index (χ2n) is 4.51. The van der Waals surface area contributed by atoms with Crippen LogP contribution in [0.3, 0.4) is 0 Å². The molecule has 112 valence electrons. The van der Waals surface area contributed by atoms with Crippen LogP contribution in [0.15, 0.2) is 28.6 Å². The second-order valence-corrected chi connectivity index (χ2v) is 6.83. The topological polar surface area (TPSA) is 54.9 Å². The van der Waals surface area contributed by atoms with E-state index in [-0.39, 0.29) is 11.6 Å². The van der Waals surface area contributed by atoms with Crippen LogP contribution in [0.4, 0.5) is 9.52 Å². The normalized spacial score (nSPS) is 10.6. The summed E-state index contributed by atoms with van der Waals surface area (Å²) < 4.78 is 13.7. The first-order valence-corrected chi connectivity index (χ1v) is 8.38. The van der Waals surface area contributed by atoms with Gasteiger partial charge in [-0.2, -0.15) is 0 Å². The lowest BCUT2D eigenvalue weighted by molar-refractivity contribution is -0.117. The zero-order chi connectivity index (χ0) is 15.1. The Hall–Kier alpha value is -1.47. The Morgan fingerprint density at radius 3 is 2.81 bits per heavy atom. The van der Waals surface area contributed by atoms with Crippen molar-refractivity contribution in [3.8, 4) is 0 Å². The van der Waals surface area contributed by atoms with Crippen LogP contribution >= 0.6 is 23.1 Å². The summed E-state index contributed by atoms with van der Waals surface area (Å²) in [6.07, 6.45) is 1.47. The van der Waals surface area contributed by atoms with E-state index in [0.29, 0.717) is 13.0 Å². The van der Waals surface area contributed by atoms with Gasteiger partial charge in [0.15, 0.2) is 4.34 Å². The Bertz CT molecular complexity index is 586. The monoisotopic (exact) mass is 325 g/mol. The van der Waals surface area contributed by atoms with Crippen molar-refractivity contribution in [2.45, 2.75) is 30.6 Å². The molecule has 0 amide bonds. The van der Waals surface area contributed by atoms with Crippen molar-refractivity contribution in [2.24, 2.45) is 0 Å². The van der Waals surface area contributed by atoms with Gasteiger partial charge in [0.2, 0.25) is 5.13 Å². The minimum atomic E-state index is -0.237. The van der Waals surface area contributed by atoms with Gasteiger partial charge in [0.25, 0.3) is 0 Å². The lowest BCUT2D eigenvalue weighted by Crippen LogP contribution is -1.98. The van der Waals surface area contributed by atoms with Gasteiger partial charge in [0, 0.05) is 18.7 Å². The van der Waals surface area contributed by atoms with Crippen molar-refractivity contribution >= 4 is 34.0 Å². The van der Waals surface area contributed by atoms with E-state index in [4.69, 9.17) is 0 Å². The van der Waals surface area contributed by atoms with Crippen molar-refractivity contribution in [1.29, 1.82) is 0 Å². The summed E-state index contributed by atoms with van der Waals surface area (Å²) in [4.78, 5) is 10.8. The van der Waals surface area contributed by atoms with E-state index >= 15 is 0 Å². The SMILES string of the molecule is CC(=O)CCCSc1nnc(NCc2ccc(F)cc2)s1. The van der Waals surface area contributed by atoms with Crippen LogP contribution in [0.25, 0.3) is 0 Å². The van der Waals surface area contributed by atoms with E-state index < -0.39 is 0 Å². The summed E-state index contributed by atoms with van der Waals surface area (Å²) in [5, 5.41) is 12.0. The molecule has 7 heteroatoms. The third kappa shape index (κ3) is 5.81. The number of halogens is 1. The van der Waals surface area contributed by atoms with Crippen molar-refractivity contribution in [1.82, 2.24) is 10.2 Å². The molecule has 0 saturated heterocycles. The molecule has 1 heterocycles. The molecule has 0 bridgehead atoms. The molecule has 1 aromatic heterocycles. The number of nitrogens with zero attached hydrogens (tertiary/aromatic N) is 2. The Balaban J connectivity index is 1.75. The number of ketones is 1. The number of hydrogen-bond acceptors (Lipinski definition) is 6. The Kier molecular flexibility index (Phi) is 6.13. The zero-order valence-electron chi connectivity index (χ0n) is 11.6. The first-order valence-electron chi connectivity index (χ1n) is 6.57. The lowest BCUT2D eigenvalue weighted by atomic mass is 10.2. The van der Waals surface area contributed by atoms with Crippen LogP contribution in [0.5, 0.6) is 0 Å². The van der Waals surface area contributed by atoms with Crippen LogP contribution < -0.4 is 5.32 Å². The number of thioether (sulfide) groups is 1. The molecule has 0 aliphatic heterocycles. The summed E-state index contributed by atoms with van der Waals surface area (Å²) in [5.74, 6) is 0.847. The van der Waals surface area contributed by atoms with Crippen molar-refractivity contribution in [2.75, 3.05) is 11.1 Å². The van der Waals surface area contributed by atoms with Crippen LogP contribution in [-0.2, 0) is 11.3 Å². The van der Waals surface area contributed by atoms with E-state index in [1.54, 1.807) is 30.8 Å². The van der Waals surface area contributed by atoms with E-state index in [9.17, 15) is 9.18 Å². The summed E-state index contributed by atoms with van der Waals surface area (Å²) in [5.41, 5.74) is 0.988. The fourth-order valence-electron chi connectivity index (χ4n) is 1.60. The molecular formula is C14H16FN3OS2. The number of Topliss-reactive ketones (excluding diaryl/α,β-unsaturated/α-hetero) is 1. The maximum Gasteiger partial charge on any atom is 0.206 e. The lowest BCUT2D eigenvalue weighted by Gasteiger charge is -2.01. The molecule has 2 rings (SSSR count). The van der Waals surface area contributed by atoms with Gasteiger partial charge < -0.3 is 10.1 Å². The van der Waals surface area contributed by atoms with E-state index in [1.165, 1.54) is 23.5 Å². The van der Waals surface area contributed by atoms with Gasteiger partial charge >= 0.3 is 0 Å². The summed E-state index contributed by atoms with van der Waals surface area (Å²) in [6.45, 7) is 2.19. The highest BCUT2D eigenvalue weighted by molar-refractivity contribution is 8.01. The summed E-state index contributed by atoms with van der Waals surface area (Å²) in [7, 11) is 0. The Morgan fingerprint density at radius 1 is 1.33 bits per heavy atom. The number of rotatable bonds is 8. The van der Waals surface area contributed by atoms with Gasteiger partial charge in [-0.25, -0.2) is 4.39 Å². The summed E-state index contributed by atoms with van der Waals surface area (Å²) in [6, 6.07) is 6.35. The number of aromatic nitrogens is 2. The van der Waals surface area contributed by atoms with Gasteiger partial charge in [-0.05, 0) is 31.0 Å².